The molecule has 0 aromatic carbocycles. The normalized spacial score (nSPS) is 12.2. The summed E-state index contributed by atoms with van der Waals surface area (Å²) in [7, 11) is 0. The molecule has 0 aromatic heterocycles. The van der Waals surface area contributed by atoms with Crippen LogP contribution in [-0.2, 0) is 14.3 Å². The molecule has 0 fully saturated rings. The Hall–Kier alpha value is -1.13. The predicted octanol–water partition coefficient (Wildman–Crippen LogP) is 5.28. The summed E-state index contributed by atoms with van der Waals surface area (Å²) in [5, 5.41) is 8.39. The smallest absolute Gasteiger partial charge is 0.308 e. The van der Waals surface area contributed by atoms with Gasteiger partial charge in [0, 0.05) is 12.3 Å². The Labute approximate surface area is 159 Å². The first-order valence-corrected chi connectivity index (χ1v) is 8.95. The molecule has 148 valence electrons. The summed E-state index contributed by atoms with van der Waals surface area (Å²) >= 11 is 4.97. The molecule has 0 amide bonds. The van der Waals surface area contributed by atoms with E-state index in [0.717, 1.165) is 24.0 Å². The maximum atomic E-state index is 11.1. The Bertz CT molecular complexity index is 412. The minimum atomic E-state index is -0.269. The van der Waals surface area contributed by atoms with E-state index in [0.29, 0.717) is 0 Å². The number of aliphatic hydroxyl groups is 1. The first kappa shape index (κ1) is 28.7. The number of esters is 1. The minimum Gasteiger partial charge on any atom is -0.462 e. The zero-order chi connectivity index (χ0) is 20.7. The van der Waals surface area contributed by atoms with Crippen molar-refractivity contribution in [2.45, 2.75) is 80.4 Å². The van der Waals surface area contributed by atoms with Crippen LogP contribution in [0.3, 0.4) is 0 Å². The van der Waals surface area contributed by atoms with Gasteiger partial charge in [0.2, 0.25) is 5.24 Å². The quantitative estimate of drug-likeness (QED) is 0.373. The molecule has 0 radical (unpaired) electrons. The molecule has 0 rings (SSSR count). The predicted molar refractivity (Wildman–Crippen MR) is 107 cm³/mol. The van der Waals surface area contributed by atoms with Gasteiger partial charge >= 0.3 is 5.97 Å². The summed E-state index contributed by atoms with van der Waals surface area (Å²) in [6.07, 6.45) is 1.20. The third-order valence-electron chi connectivity index (χ3n) is 2.52. The fourth-order valence-electron chi connectivity index (χ4n) is 1.37. The fraction of sp³-hybridized carbons (Fsp3) is 0.700. The highest BCUT2D eigenvalue weighted by molar-refractivity contribution is 6.63. The lowest BCUT2D eigenvalue weighted by Gasteiger charge is -2.14. The molecule has 0 unspecified atom stereocenters. The number of hydrogen-bond donors (Lipinski definition) is 1. The van der Waals surface area contributed by atoms with Crippen molar-refractivity contribution in [1.29, 1.82) is 0 Å². The molecule has 0 heterocycles. The summed E-state index contributed by atoms with van der Waals surface area (Å²) in [6, 6.07) is 0. The Morgan fingerprint density at radius 1 is 0.920 bits per heavy atom. The van der Waals surface area contributed by atoms with Crippen LogP contribution < -0.4 is 0 Å². The average Bonchev–Trinajstić information content (AvgIpc) is 2.36. The van der Waals surface area contributed by atoms with Gasteiger partial charge in [-0.05, 0) is 45.7 Å². The monoisotopic (exact) mass is 376 g/mol. The van der Waals surface area contributed by atoms with E-state index in [9.17, 15) is 9.59 Å². The Balaban J connectivity index is -0.000000317. The lowest BCUT2D eigenvalue weighted by atomic mass is 10.1. The van der Waals surface area contributed by atoms with Gasteiger partial charge in [-0.25, -0.2) is 0 Å². The summed E-state index contributed by atoms with van der Waals surface area (Å²) < 4.78 is 5.12. The molecule has 2 atom stereocenters. The lowest BCUT2D eigenvalue weighted by Crippen LogP contribution is -2.19. The van der Waals surface area contributed by atoms with Gasteiger partial charge in [-0.15, -0.1) is 13.2 Å². The zero-order valence-corrected chi connectivity index (χ0v) is 17.9. The molecule has 0 aliphatic heterocycles. The highest BCUT2D eigenvalue weighted by Crippen LogP contribution is 2.08. The Kier molecular flexibility index (Phi) is 18.7. The van der Waals surface area contributed by atoms with Gasteiger partial charge in [0.15, 0.2) is 0 Å². The maximum Gasteiger partial charge on any atom is 0.308 e. The van der Waals surface area contributed by atoms with E-state index in [4.69, 9.17) is 21.4 Å². The van der Waals surface area contributed by atoms with Crippen molar-refractivity contribution >= 4 is 22.8 Å². The molecular formula is C20H37ClO4. The summed E-state index contributed by atoms with van der Waals surface area (Å²) in [5.41, 5.74) is 2.08. The van der Waals surface area contributed by atoms with Crippen molar-refractivity contribution in [1.82, 2.24) is 0 Å². The van der Waals surface area contributed by atoms with Crippen LogP contribution in [0.15, 0.2) is 24.3 Å². The van der Waals surface area contributed by atoms with Crippen molar-refractivity contribution in [2.24, 2.45) is 11.8 Å². The zero-order valence-electron chi connectivity index (χ0n) is 17.2. The van der Waals surface area contributed by atoms with Crippen LogP contribution in [-0.4, -0.2) is 28.5 Å². The second-order valence-electron chi connectivity index (χ2n) is 7.03. The van der Waals surface area contributed by atoms with Crippen molar-refractivity contribution in [3.63, 3.8) is 0 Å². The lowest BCUT2D eigenvalue weighted by molar-refractivity contribution is -0.151. The Morgan fingerprint density at radius 3 is 1.44 bits per heavy atom. The second-order valence-corrected chi connectivity index (χ2v) is 7.41. The first-order valence-electron chi connectivity index (χ1n) is 8.57. The van der Waals surface area contributed by atoms with Crippen LogP contribution in [0.4, 0.5) is 0 Å². The van der Waals surface area contributed by atoms with Crippen LogP contribution in [0.25, 0.3) is 0 Å². The number of aliphatic hydroxyl groups excluding tert-OH is 1. The van der Waals surface area contributed by atoms with Crippen molar-refractivity contribution in [2.75, 3.05) is 0 Å². The number of halogens is 1. The highest BCUT2D eigenvalue weighted by Gasteiger charge is 2.12. The third-order valence-corrected chi connectivity index (χ3v) is 2.96. The van der Waals surface area contributed by atoms with E-state index in [2.05, 4.69) is 13.2 Å². The number of ether oxygens (including phenoxy) is 1. The van der Waals surface area contributed by atoms with Gasteiger partial charge in [0.05, 0.1) is 12.0 Å². The van der Waals surface area contributed by atoms with E-state index < -0.39 is 0 Å². The third kappa shape index (κ3) is 28.0. The van der Waals surface area contributed by atoms with Gasteiger partial charge in [-0.1, -0.05) is 38.8 Å². The fourth-order valence-corrected chi connectivity index (χ4v) is 1.37. The standard InChI is InChI=1S/C10H18O2.C6H12O.C4H7ClO/c1-7(2)6-9(5)12-10(11)8(3)4;1-5(2)4-6(3)7;1-3(2)4(5)6/h8-9H,1,6H2,2-5H3;6-7H,1,4H2,2-3H3;3H,1-2H3/t9-;6-;/m00./s1. The van der Waals surface area contributed by atoms with Gasteiger partial charge in [-0.2, -0.15) is 0 Å². The van der Waals surface area contributed by atoms with Gasteiger partial charge in [0.25, 0.3) is 0 Å². The topological polar surface area (TPSA) is 63.6 Å². The Morgan fingerprint density at radius 2 is 1.28 bits per heavy atom. The van der Waals surface area contributed by atoms with Gasteiger partial charge in [-0.3, -0.25) is 9.59 Å². The van der Waals surface area contributed by atoms with Crippen molar-refractivity contribution in [3.05, 3.63) is 24.3 Å². The number of carbonyl (C=O) groups is 2. The molecule has 0 saturated heterocycles. The summed E-state index contributed by atoms with van der Waals surface area (Å²) in [6.45, 7) is 22.1. The number of hydrogen-bond acceptors (Lipinski definition) is 4. The van der Waals surface area contributed by atoms with E-state index in [1.807, 2.05) is 34.6 Å². The van der Waals surface area contributed by atoms with Crippen LogP contribution in [0, 0.1) is 11.8 Å². The molecule has 0 spiro atoms. The van der Waals surface area contributed by atoms with E-state index in [1.54, 1.807) is 20.8 Å². The van der Waals surface area contributed by atoms with Gasteiger partial charge < -0.3 is 9.84 Å². The molecule has 25 heavy (non-hydrogen) atoms. The molecule has 0 aromatic rings. The summed E-state index contributed by atoms with van der Waals surface area (Å²) in [4.78, 5) is 21.0. The molecule has 0 saturated carbocycles. The molecule has 0 aliphatic carbocycles. The molecular weight excluding hydrogens is 340 g/mol. The SMILES string of the molecule is C=C(C)C[C@H](C)O.C=C(C)C[C@H](C)OC(=O)C(C)C.CC(C)C(=O)Cl. The summed E-state index contributed by atoms with van der Waals surface area (Å²) in [5.74, 6) is -0.201. The number of rotatable bonds is 7. The molecule has 0 bridgehead atoms. The van der Waals surface area contributed by atoms with E-state index in [-0.39, 0.29) is 35.3 Å². The molecule has 0 aliphatic rings. The minimum absolute atomic E-state index is 0.0216. The maximum absolute atomic E-state index is 11.1. The van der Waals surface area contributed by atoms with Gasteiger partial charge in [0.1, 0.15) is 6.10 Å². The van der Waals surface area contributed by atoms with Crippen LogP contribution in [0.2, 0.25) is 0 Å². The largest absolute Gasteiger partial charge is 0.462 e. The van der Waals surface area contributed by atoms with Crippen LogP contribution in [0.5, 0.6) is 0 Å². The van der Waals surface area contributed by atoms with E-state index >= 15 is 0 Å². The molecule has 1 N–H and O–H groups in total. The molecule has 5 heteroatoms. The second kappa shape index (κ2) is 16.3. The average molecular weight is 377 g/mol. The van der Waals surface area contributed by atoms with E-state index in [1.165, 1.54) is 0 Å². The highest BCUT2D eigenvalue weighted by atomic mass is 35.5. The van der Waals surface area contributed by atoms with Crippen LogP contribution in [0.1, 0.15) is 68.2 Å². The number of carbonyl (C=O) groups excluding carboxylic acids is 2. The van der Waals surface area contributed by atoms with Crippen molar-refractivity contribution < 1.29 is 19.4 Å². The molecule has 4 nitrogen and oxygen atoms in total. The van der Waals surface area contributed by atoms with Crippen molar-refractivity contribution in [3.8, 4) is 0 Å². The first-order chi connectivity index (χ1) is 11.2. The van der Waals surface area contributed by atoms with Crippen LogP contribution >= 0.6 is 11.6 Å².